The van der Waals surface area contributed by atoms with Crippen LogP contribution in [0.15, 0.2) is 58.3 Å². The van der Waals surface area contributed by atoms with Crippen LogP contribution >= 0.6 is 39.3 Å². The Morgan fingerprint density at radius 1 is 1.31 bits per heavy atom. The van der Waals surface area contributed by atoms with E-state index in [1.54, 1.807) is 24.4 Å². The van der Waals surface area contributed by atoms with E-state index in [1.807, 2.05) is 30.3 Å². The summed E-state index contributed by atoms with van der Waals surface area (Å²) in [4.78, 5) is 19.6. The number of hydrogen-bond acceptors (Lipinski definition) is 4. The van der Waals surface area contributed by atoms with E-state index >= 15 is 0 Å². The first-order valence-corrected chi connectivity index (χ1v) is 9.64. The topological polar surface area (TPSA) is 81.6 Å². The minimum absolute atomic E-state index is 0.157. The van der Waals surface area contributed by atoms with Crippen LogP contribution in [0.4, 0.5) is 5.69 Å². The molecule has 1 heterocycles. The maximum atomic E-state index is 12.1. The molecule has 0 unspecified atom stereocenters. The van der Waals surface area contributed by atoms with E-state index in [9.17, 15) is 4.79 Å². The second kappa shape index (κ2) is 8.41. The number of nitrogens with zero attached hydrogens (tertiary/aromatic N) is 2. The molecule has 3 rings (SSSR count). The van der Waals surface area contributed by atoms with Crippen LogP contribution in [0.25, 0.3) is 11.3 Å². The van der Waals surface area contributed by atoms with Crippen LogP contribution in [0.2, 0.25) is 5.02 Å². The van der Waals surface area contributed by atoms with Crippen LogP contribution in [0.5, 0.6) is 0 Å². The number of anilines is 1. The highest BCUT2D eigenvalue weighted by Crippen LogP contribution is 2.24. The predicted octanol–water partition coefficient (Wildman–Crippen LogP) is 5.10. The van der Waals surface area contributed by atoms with Gasteiger partial charge in [0.25, 0.3) is 0 Å². The number of halogens is 2. The van der Waals surface area contributed by atoms with Gasteiger partial charge < -0.3 is 10.3 Å². The molecule has 130 valence electrons. The number of carbonyl (C=O) groups excluding carboxylic acids is 1. The van der Waals surface area contributed by atoms with E-state index in [0.29, 0.717) is 21.4 Å². The van der Waals surface area contributed by atoms with Gasteiger partial charge in [-0.3, -0.25) is 4.79 Å². The maximum absolute atomic E-state index is 12.1. The van der Waals surface area contributed by atoms with E-state index in [-0.39, 0.29) is 11.7 Å². The number of aromatic nitrogens is 2. The summed E-state index contributed by atoms with van der Waals surface area (Å²) < 4.78 is 1.00. The standard InChI is InChI=1S/C18H12BrClN4OS/c19-13-4-1-11(2-5-13)16-9-22-18(24-16)26-10-17(25)23-15-7-14(20)6-3-12(15)8-21/h1-7,9H,10H2,(H,22,24)(H,23,25). The fourth-order valence-corrected chi connectivity index (χ4v) is 3.28. The number of carbonyl (C=O) groups is 1. The number of amides is 1. The summed E-state index contributed by atoms with van der Waals surface area (Å²) in [6.07, 6.45) is 1.73. The van der Waals surface area contributed by atoms with E-state index < -0.39 is 0 Å². The van der Waals surface area contributed by atoms with Gasteiger partial charge in [0.2, 0.25) is 5.91 Å². The highest BCUT2D eigenvalue weighted by Gasteiger charge is 2.10. The molecule has 0 spiro atoms. The van der Waals surface area contributed by atoms with Gasteiger partial charge in [0.15, 0.2) is 5.16 Å². The molecular formula is C18H12BrClN4OS. The van der Waals surface area contributed by atoms with Gasteiger partial charge in [-0.05, 0) is 35.9 Å². The van der Waals surface area contributed by atoms with Crippen molar-refractivity contribution in [3.05, 3.63) is 63.7 Å². The van der Waals surface area contributed by atoms with Crippen molar-refractivity contribution < 1.29 is 4.79 Å². The summed E-state index contributed by atoms with van der Waals surface area (Å²) in [5, 5.41) is 12.9. The van der Waals surface area contributed by atoms with Gasteiger partial charge in [-0.1, -0.05) is 51.4 Å². The summed E-state index contributed by atoms with van der Waals surface area (Å²) in [5.74, 6) is -0.0830. The molecule has 5 nitrogen and oxygen atoms in total. The Balaban J connectivity index is 1.61. The first-order chi connectivity index (χ1) is 12.5. The number of hydrogen-bond donors (Lipinski definition) is 2. The van der Waals surface area contributed by atoms with Crippen LogP contribution in [0, 0.1) is 11.3 Å². The fourth-order valence-electron chi connectivity index (χ4n) is 2.19. The van der Waals surface area contributed by atoms with Crippen LogP contribution in [0.1, 0.15) is 5.56 Å². The number of H-pyrrole nitrogens is 1. The molecule has 2 N–H and O–H groups in total. The quantitative estimate of drug-likeness (QED) is 0.533. The van der Waals surface area contributed by atoms with Crippen molar-refractivity contribution >= 4 is 50.9 Å². The molecule has 0 radical (unpaired) electrons. The smallest absolute Gasteiger partial charge is 0.234 e. The lowest BCUT2D eigenvalue weighted by Gasteiger charge is -2.06. The molecule has 2 aromatic carbocycles. The number of rotatable bonds is 5. The van der Waals surface area contributed by atoms with Gasteiger partial charge in [-0.25, -0.2) is 4.98 Å². The SMILES string of the molecule is N#Cc1ccc(Cl)cc1NC(=O)CSc1ncc(-c2ccc(Br)cc2)[nH]1. The number of nitrogens with one attached hydrogen (secondary N) is 2. The van der Waals surface area contributed by atoms with Crippen molar-refractivity contribution in [2.24, 2.45) is 0 Å². The Morgan fingerprint density at radius 3 is 2.81 bits per heavy atom. The van der Waals surface area contributed by atoms with Crippen molar-refractivity contribution in [1.82, 2.24) is 9.97 Å². The second-order valence-corrected chi connectivity index (χ2v) is 7.56. The third-order valence-corrected chi connectivity index (χ3v) is 5.08. The number of benzene rings is 2. The molecular weight excluding hydrogens is 436 g/mol. The van der Waals surface area contributed by atoms with Crippen molar-refractivity contribution in [3.8, 4) is 17.3 Å². The van der Waals surface area contributed by atoms with E-state index in [1.165, 1.54) is 11.8 Å². The van der Waals surface area contributed by atoms with Gasteiger partial charge in [0.1, 0.15) is 6.07 Å². The first-order valence-electron chi connectivity index (χ1n) is 7.48. The minimum atomic E-state index is -0.240. The molecule has 1 amide bonds. The Bertz CT molecular complexity index is 982. The maximum Gasteiger partial charge on any atom is 0.234 e. The molecule has 0 aliphatic carbocycles. The van der Waals surface area contributed by atoms with Gasteiger partial charge in [-0.2, -0.15) is 5.26 Å². The normalized spacial score (nSPS) is 10.3. The lowest BCUT2D eigenvalue weighted by Crippen LogP contribution is -2.15. The predicted molar refractivity (Wildman–Crippen MR) is 107 cm³/mol. The van der Waals surface area contributed by atoms with Gasteiger partial charge in [-0.15, -0.1) is 0 Å². The summed E-state index contributed by atoms with van der Waals surface area (Å²) in [6, 6.07) is 14.6. The summed E-state index contributed by atoms with van der Waals surface area (Å²) in [5.41, 5.74) is 2.65. The number of thioether (sulfide) groups is 1. The Hall–Kier alpha value is -2.27. The van der Waals surface area contributed by atoms with Crippen LogP contribution in [-0.4, -0.2) is 21.6 Å². The Kier molecular flexibility index (Phi) is 5.99. The van der Waals surface area contributed by atoms with E-state index in [2.05, 4.69) is 31.2 Å². The highest BCUT2D eigenvalue weighted by molar-refractivity contribution is 9.10. The third-order valence-electron chi connectivity index (χ3n) is 3.42. The average Bonchev–Trinajstić information content (AvgIpc) is 3.10. The zero-order chi connectivity index (χ0) is 18.5. The molecule has 8 heteroatoms. The van der Waals surface area contributed by atoms with Crippen LogP contribution in [0.3, 0.4) is 0 Å². The van der Waals surface area contributed by atoms with Gasteiger partial charge >= 0.3 is 0 Å². The summed E-state index contributed by atoms with van der Waals surface area (Å²) in [6.45, 7) is 0. The monoisotopic (exact) mass is 446 g/mol. The molecule has 0 saturated heterocycles. The molecule has 0 saturated carbocycles. The lowest BCUT2D eigenvalue weighted by molar-refractivity contribution is -0.113. The molecule has 0 aliphatic heterocycles. The Labute approximate surface area is 167 Å². The minimum Gasteiger partial charge on any atom is -0.333 e. The largest absolute Gasteiger partial charge is 0.333 e. The van der Waals surface area contributed by atoms with Crippen molar-refractivity contribution in [3.63, 3.8) is 0 Å². The number of imidazole rings is 1. The van der Waals surface area contributed by atoms with Crippen LogP contribution in [-0.2, 0) is 4.79 Å². The lowest BCUT2D eigenvalue weighted by atomic mass is 10.2. The highest BCUT2D eigenvalue weighted by atomic mass is 79.9. The van der Waals surface area contributed by atoms with Crippen molar-refractivity contribution in [2.75, 3.05) is 11.1 Å². The van der Waals surface area contributed by atoms with E-state index in [0.717, 1.165) is 15.7 Å². The van der Waals surface area contributed by atoms with Crippen LogP contribution < -0.4 is 5.32 Å². The molecule has 3 aromatic rings. The van der Waals surface area contributed by atoms with Gasteiger partial charge in [0.05, 0.1) is 28.9 Å². The molecule has 0 atom stereocenters. The summed E-state index contributed by atoms with van der Waals surface area (Å²) in [7, 11) is 0. The molecule has 0 aliphatic rings. The molecule has 0 bridgehead atoms. The fraction of sp³-hybridized carbons (Fsp3) is 0.0556. The Morgan fingerprint density at radius 2 is 2.08 bits per heavy atom. The molecule has 0 fully saturated rings. The zero-order valence-corrected chi connectivity index (χ0v) is 16.5. The van der Waals surface area contributed by atoms with E-state index in [4.69, 9.17) is 16.9 Å². The van der Waals surface area contributed by atoms with Crippen molar-refractivity contribution in [2.45, 2.75) is 5.16 Å². The van der Waals surface area contributed by atoms with Crippen molar-refractivity contribution in [1.29, 1.82) is 5.26 Å². The molecule has 26 heavy (non-hydrogen) atoms. The zero-order valence-electron chi connectivity index (χ0n) is 13.3. The number of nitriles is 1. The average molecular weight is 448 g/mol. The summed E-state index contributed by atoms with van der Waals surface area (Å²) >= 11 is 10.6. The number of aromatic amines is 1. The second-order valence-electron chi connectivity index (χ2n) is 5.25. The van der Waals surface area contributed by atoms with Gasteiger partial charge in [0, 0.05) is 9.50 Å². The molecule has 1 aromatic heterocycles. The third kappa shape index (κ3) is 4.67. The first kappa shape index (κ1) is 18.5.